The summed E-state index contributed by atoms with van der Waals surface area (Å²) in [5.41, 5.74) is 1.72. The highest BCUT2D eigenvalue weighted by molar-refractivity contribution is 6.30. The highest BCUT2D eigenvalue weighted by atomic mass is 35.5. The van der Waals surface area contributed by atoms with Gasteiger partial charge in [0.2, 0.25) is 5.91 Å². The van der Waals surface area contributed by atoms with E-state index in [4.69, 9.17) is 16.7 Å². The van der Waals surface area contributed by atoms with Crippen LogP contribution in [0.15, 0.2) is 48.7 Å². The Balaban J connectivity index is 2.07. The van der Waals surface area contributed by atoms with Crippen molar-refractivity contribution in [1.82, 2.24) is 9.88 Å². The molecule has 1 aromatic heterocycles. The number of hydrogen-bond acceptors (Lipinski definition) is 3. The quantitative estimate of drug-likeness (QED) is 0.833. The normalized spacial score (nSPS) is 10.4. The Morgan fingerprint density at radius 2 is 1.95 bits per heavy atom. The maximum Gasteiger partial charge on any atom is 0.227 e. The molecular formula is C16H17ClN2O2. The predicted molar refractivity (Wildman–Crippen MR) is 81.9 cm³/mol. The van der Waals surface area contributed by atoms with Gasteiger partial charge in [0.1, 0.15) is 5.15 Å². The SMILES string of the molecule is O=C(Cc1cccnc1Cl)N(CCO)Cc1ccccc1. The van der Waals surface area contributed by atoms with Crippen molar-refractivity contribution in [3.8, 4) is 0 Å². The lowest BCUT2D eigenvalue weighted by Crippen LogP contribution is -2.34. The summed E-state index contributed by atoms with van der Waals surface area (Å²) >= 11 is 5.98. The van der Waals surface area contributed by atoms with Crippen LogP contribution in [0.4, 0.5) is 0 Å². The van der Waals surface area contributed by atoms with Gasteiger partial charge >= 0.3 is 0 Å². The van der Waals surface area contributed by atoms with Gasteiger partial charge in [0.05, 0.1) is 13.0 Å². The van der Waals surface area contributed by atoms with E-state index in [9.17, 15) is 4.79 Å². The summed E-state index contributed by atoms with van der Waals surface area (Å²) in [6.07, 6.45) is 1.77. The van der Waals surface area contributed by atoms with E-state index in [0.717, 1.165) is 5.56 Å². The summed E-state index contributed by atoms with van der Waals surface area (Å²) in [4.78, 5) is 18.0. The number of hydrogen-bond donors (Lipinski definition) is 1. The average molecular weight is 305 g/mol. The second-order valence-corrected chi connectivity index (χ2v) is 5.01. The third kappa shape index (κ3) is 4.55. The van der Waals surface area contributed by atoms with Gasteiger partial charge in [0.25, 0.3) is 0 Å². The van der Waals surface area contributed by atoms with Crippen molar-refractivity contribution in [2.45, 2.75) is 13.0 Å². The van der Waals surface area contributed by atoms with Crippen LogP contribution in [0.3, 0.4) is 0 Å². The molecule has 0 bridgehead atoms. The summed E-state index contributed by atoms with van der Waals surface area (Å²) in [6.45, 7) is 0.697. The van der Waals surface area contributed by atoms with Crippen LogP contribution in [-0.2, 0) is 17.8 Å². The van der Waals surface area contributed by atoms with Gasteiger partial charge in [-0.25, -0.2) is 4.98 Å². The standard InChI is InChI=1S/C16H17ClN2O2/c17-16-14(7-4-8-18-16)11-15(21)19(9-10-20)12-13-5-2-1-3-6-13/h1-8,20H,9-12H2. The molecule has 1 heterocycles. The van der Waals surface area contributed by atoms with Crippen molar-refractivity contribution in [1.29, 1.82) is 0 Å². The van der Waals surface area contributed by atoms with E-state index in [-0.39, 0.29) is 18.9 Å². The Hall–Kier alpha value is -1.91. The number of pyridine rings is 1. The zero-order valence-electron chi connectivity index (χ0n) is 11.6. The molecule has 2 aromatic rings. The summed E-state index contributed by atoms with van der Waals surface area (Å²) in [7, 11) is 0. The number of carbonyl (C=O) groups excluding carboxylic acids is 1. The van der Waals surface area contributed by atoms with E-state index in [2.05, 4.69) is 4.98 Å². The van der Waals surface area contributed by atoms with E-state index in [1.807, 2.05) is 30.3 Å². The van der Waals surface area contributed by atoms with E-state index in [1.54, 1.807) is 23.2 Å². The molecule has 1 amide bonds. The lowest BCUT2D eigenvalue weighted by molar-refractivity contribution is -0.131. The van der Waals surface area contributed by atoms with Crippen molar-refractivity contribution in [2.24, 2.45) is 0 Å². The maximum atomic E-state index is 12.4. The minimum atomic E-state index is -0.0807. The van der Waals surface area contributed by atoms with E-state index in [0.29, 0.717) is 23.8 Å². The summed E-state index contributed by atoms with van der Waals surface area (Å²) in [5, 5.41) is 9.49. The number of carbonyl (C=O) groups is 1. The number of rotatable bonds is 6. The van der Waals surface area contributed by atoms with Gasteiger partial charge in [0.15, 0.2) is 0 Å². The van der Waals surface area contributed by atoms with Gasteiger partial charge in [0, 0.05) is 19.3 Å². The van der Waals surface area contributed by atoms with Crippen molar-refractivity contribution in [3.63, 3.8) is 0 Å². The Morgan fingerprint density at radius 3 is 2.62 bits per heavy atom. The van der Waals surface area contributed by atoms with E-state index in [1.165, 1.54) is 0 Å². The lowest BCUT2D eigenvalue weighted by Gasteiger charge is -2.22. The molecule has 5 heteroatoms. The minimum absolute atomic E-state index is 0.0701. The highest BCUT2D eigenvalue weighted by Crippen LogP contribution is 2.14. The van der Waals surface area contributed by atoms with Crippen LogP contribution in [0.1, 0.15) is 11.1 Å². The van der Waals surface area contributed by atoms with Gasteiger partial charge < -0.3 is 10.0 Å². The molecule has 0 spiro atoms. The largest absolute Gasteiger partial charge is 0.395 e. The summed E-state index contributed by atoms with van der Waals surface area (Å²) in [5.74, 6) is -0.0807. The number of benzene rings is 1. The average Bonchev–Trinajstić information content (AvgIpc) is 2.50. The Bertz CT molecular complexity index is 590. The molecule has 0 unspecified atom stereocenters. The molecule has 0 aliphatic rings. The molecule has 0 atom stereocenters. The van der Waals surface area contributed by atoms with Crippen LogP contribution in [-0.4, -0.2) is 34.0 Å². The molecule has 0 radical (unpaired) electrons. The molecule has 1 aromatic carbocycles. The van der Waals surface area contributed by atoms with Crippen molar-refractivity contribution >= 4 is 17.5 Å². The Kier molecular flexibility index (Phi) is 5.72. The third-order valence-electron chi connectivity index (χ3n) is 3.12. The summed E-state index contributed by atoms with van der Waals surface area (Å²) in [6, 6.07) is 13.2. The maximum absolute atomic E-state index is 12.4. The lowest BCUT2D eigenvalue weighted by atomic mass is 10.1. The molecule has 0 aliphatic carbocycles. The fraction of sp³-hybridized carbons (Fsp3) is 0.250. The number of amides is 1. The fourth-order valence-corrected chi connectivity index (χ4v) is 2.23. The molecule has 0 saturated heterocycles. The number of aromatic nitrogens is 1. The minimum Gasteiger partial charge on any atom is -0.395 e. The van der Waals surface area contributed by atoms with Crippen LogP contribution >= 0.6 is 11.6 Å². The monoisotopic (exact) mass is 304 g/mol. The first-order valence-corrected chi connectivity index (χ1v) is 7.10. The second kappa shape index (κ2) is 7.76. The molecule has 1 N–H and O–H groups in total. The molecule has 2 rings (SSSR count). The van der Waals surface area contributed by atoms with Crippen molar-refractivity contribution in [2.75, 3.05) is 13.2 Å². The molecule has 0 aliphatic heterocycles. The molecule has 0 fully saturated rings. The van der Waals surface area contributed by atoms with Crippen molar-refractivity contribution in [3.05, 3.63) is 64.9 Å². The van der Waals surface area contributed by atoms with Gasteiger partial charge in [-0.1, -0.05) is 48.0 Å². The Labute approximate surface area is 129 Å². The molecular weight excluding hydrogens is 288 g/mol. The van der Waals surface area contributed by atoms with Crippen LogP contribution in [0.25, 0.3) is 0 Å². The van der Waals surface area contributed by atoms with Crippen molar-refractivity contribution < 1.29 is 9.90 Å². The van der Waals surface area contributed by atoms with Gasteiger partial charge in [-0.2, -0.15) is 0 Å². The highest BCUT2D eigenvalue weighted by Gasteiger charge is 2.15. The third-order valence-corrected chi connectivity index (χ3v) is 3.46. The van der Waals surface area contributed by atoms with Gasteiger partial charge in [-0.15, -0.1) is 0 Å². The van der Waals surface area contributed by atoms with Crippen LogP contribution in [0.5, 0.6) is 0 Å². The zero-order chi connectivity index (χ0) is 15.1. The number of nitrogens with zero attached hydrogens (tertiary/aromatic N) is 2. The van der Waals surface area contributed by atoms with E-state index < -0.39 is 0 Å². The van der Waals surface area contributed by atoms with Crippen LogP contribution in [0.2, 0.25) is 5.15 Å². The first-order chi connectivity index (χ1) is 10.2. The molecule has 0 saturated carbocycles. The fourth-order valence-electron chi connectivity index (χ4n) is 2.04. The summed E-state index contributed by atoms with van der Waals surface area (Å²) < 4.78 is 0. The number of aliphatic hydroxyl groups excluding tert-OH is 1. The predicted octanol–water partition coefficient (Wildman–Crippen LogP) is 2.30. The Morgan fingerprint density at radius 1 is 1.19 bits per heavy atom. The smallest absolute Gasteiger partial charge is 0.227 e. The zero-order valence-corrected chi connectivity index (χ0v) is 12.3. The topological polar surface area (TPSA) is 53.4 Å². The first-order valence-electron chi connectivity index (χ1n) is 6.72. The van der Waals surface area contributed by atoms with Crippen LogP contribution in [0, 0.1) is 0 Å². The van der Waals surface area contributed by atoms with Gasteiger partial charge in [-0.3, -0.25) is 4.79 Å². The second-order valence-electron chi connectivity index (χ2n) is 4.65. The first kappa shape index (κ1) is 15.5. The van der Waals surface area contributed by atoms with Gasteiger partial charge in [-0.05, 0) is 17.2 Å². The van der Waals surface area contributed by atoms with E-state index >= 15 is 0 Å². The molecule has 110 valence electrons. The molecule has 21 heavy (non-hydrogen) atoms. The number of halogens is 1. The number of aliphatic hydroxyl groups is 1. The molecule has 4 nitrogen and oxygen atoms in total. The van der Waals surface area contributed by atoms with Crippen LogP contribution < -0.4 is 0 Å².